The van der Waals surface area contributed by atoms with E-state index < -0.39 is 0 Å². The van der Waals surface area contributed by atoms with Crippen molar-refractivity contribution in [2.24, 2.45) is 0 Å². The fourth-order valence-corrected chi connectivity index (χ4v) is 6.37. The summed E-state index contributed by atoms with van der Waals surface area (Å²) in [4.78, 5) is 0. The Hall–Kier alpha value is -3.00. The molecule has 0 amide bonds. The van der Waals surface area contributed by atoms with Crippen molar-refractivity contribution < 1.29 is 9.47 Å². The minimum absolute atomic E-state index is 0.134. The molecule has 0 saturated heterocycles. The molecule has 180 valence electrons. The van der Waals surface area contributed by atoms with Crippen LogP contribution < -0.4 is 18.4 Å². The second kappa shape index (κ2) is 11.2. The Balaban J connectivity index is 1.81. The zero-order valence-electron chi connectivity index (χ0n) is 21.5. The molecule has 3 heteroatoms. The summed E-state index contributed by atoms with van der Waals surface area (Å²) in [6.07, 6.45) is 0. The summed E-state index contributed by atoms with van der Waals surface area (Å²) in [5.74, 6) is 2.72. The van der Waals surface area contributed by atoms with Crippen LogP contribution in [0.4, 0.5) is 0 Å². The van der Waals surface area contributed by atoms with Crippen molar-refractivity contribution in [1.82, 2.24) is 0 Å². The molecule has 4 rings (SSSR count). The third-order valence-corrected chi connectivity index (χ3v) is 8.78. The average Bonchev–Trinajstić information content (AvgIpc) is 2.89. The van der Waals surface area contributed by atoms with E-state index in [-0.39, 0.29) is 15.0 Å². The van der Waals surface area contributed by atoms with Gasteiger partial charge in [0.15, 0.2) is 0 Å². The number of benzene rings is 4. The van der Waals surface area contributed by atoms with Crippen LogP contribution in [-0.2, 0) is 0 Å². The standard InChI is InChI=1S/C32H34O2Se/c1-21(2)25-11-17-31(29(19-25)23-7-13-27(33-5)14-8-23)35-32-18-12-26(22(3)4)20-30(32)24-9-15-28(34-6)16-10-24/h7-22H,1-6H3. The van der Waals surface area contributed by atoms with E-state index in [4.69, 9.17) is 9.47 Å². The van der Waals surface area contributed by atoms with Crippen LogP contribution >= 0.6 is 0 Å². The van der Waals surface area contributed by atoms with E-state index in [9.17, 15) is 0 Å². The molecule has 0 aliphatic carbocycles. The molecular formula is C32H34O2Se. The summed E-state index contributed by atoms with van der Waals surface area (Å²) >= 11 is 0.134. The number of methoxy groups -OCH3 is 2. The Labute approximate surface area is 216 Å². The molecular weight excluding hydrogens is 495 g/mol. The van der Waals surface area contributed by atoms with Crippen LogP contribution in [-0.4, -0.2) is 29.2 Å². The Morgan fingerprint density at radius 2 is 0.886 bits per heavy atom. The van der Waals surface area contributed by atoms with Gasteiger partial charge in [0, 0.05) is 0 Å². The quantitative estimate of drug-likeness (QED) is 0.230. The molecule has 0 N–H and O–H groups in total. The molecule has 0 unspecified atom stereocenters. The van der Waals surface area contributed by atoms with Crippen LogP contribution in [0.15, 0.2) is 84.9 Å². The van der Waals surface area contributed by atoms with E-state index >= 15 is 0 Å². The molecule has 4 aromatic carbocycles. The summed E-state index contributed by atoms with van der Waals surface area (Å²) in [6, 6.07) is 30.9. The van der Waals surface area contributed by atoms with Gasteiger partial charge >= 0.3 is 217 Å². The van der Waals surface area contributed by atoms with Gasteiger partial charge in [0.05, 0.1) is 0 Å². The first-order valence-electron chi connectivity index (χ1n) is 12.1. The van der Waals surface area contributed by atoms with Gasteiger partial charge in [0.25, 0.3) is 0 Å². The normalized spacial score (nSPS) is 11.2. The third-order valence-electron chi connectivity index (χ3n) is 6.36. The second-order valence-corrected chi connectivity index (χ2v) is 11.7. The van der Waals surface area contributed by atoms with Crippen LogP contribution in [0.3, 0.4) is 0 Å². The van der Waals surface area contributed by atoms with Crippen LogP contribution in [0.25, 0.3) is 22.3 Å². The monoisotopic (exact) mass is 530 g/mol. The Kier molecular flexibility index (Phi) is 8.00. The van der Waals surface area contributed by atoms with Crippen molar-refractivity contribution in [3.05, 3.63) is 96.1 Å². The van der Waals surface area contributed by atoms with Crippen LogP contribution in [0.2, 0.25) is 0 Å². The molecule has 0 aliphatic heterocycles. The van der Waals surface area contributed by atoms with Crippen molar-refractivity contribution in [3.63, 3.8) is 0 Å². The second-order valence-electron chi connectivity index (χ2n) is 9.38. The Morgan fingerprint density at radius 1 is 0.514 bits per heavy atom. The maximum atomic E-state index is 5.40. The molecule has 0 atom stereocenters. The zero-order chi connectivity index (χ0) is 24.9. The Bertz CT molecular complexity index is 1170. The maximum absolute atomic E-state index is 5.40. The number of ether oxygens (including phenoxy) is 2. The molecule has 35 heavy (non-hydrogen) atoms. The summed E-state index contributed by atoms with van der Waals surface area (Å²) in [5.41, 5.74) is 7.81. The van der Waals surface area contributed by atoms with Crippen molar-refractivity contribution in [1.29, 1.82) is 0 Å². The summed E-state index contributed by atoms with van der Waals surface area (Å²) in [7, 11) is 3.43. The molecule has 4 aromatic rings. The number of hydrogen-bond acceptors (Lipinski definition) is 2. The molecule has 0 heterocycles. The van der Waals surface area contributed by atoms with Crippen LogP contribution in [0.1, 0.15) is 50.7 Å². The van der Waals surface area contributed by atoms with Gasteiger partial charge in [-0.1, -0.05) is 0 Å². The first-order valence-corrected chi connectivity index (χ1v) is 13.9. The van der Waals surface area contributed by atoms with Gasteiger partial charge < -0.3 is 0 Å². The summed E-state index contributed by atoms with van der Waals surface area (Å²) in [5, 5.41) is 0. The van der Waals surface area contributed by atoms with Gasteiger partial charge in [-0.2, -0.15) is 0 Å². The molecule has 0 saturated carbocycles. The molecule has 0 aromatic heterocycles. The van der Waals surface area contributed by atoms with Gasteiger partial charge in [-0.25, -0.2) is 0 Å². The number of hydrogen-bond donors (Lipinski definition) is 0. The predicted octanol–water partition coefficient (Wildman–Crippen LogP) is 6.94. The molecule has 0 radical (unpaired) electrons. The number of rotatable bonds is 8. The van der Waals surface area contributed by atoms with Gasteiger partial charge in [-0.15, -0.1) is 0 Å². The molecule has 0 bridgehead atoms. The third kappa shape index (κ3) is 5.81. The molecule has 2 nitrogen and oxygen atoms in total. The first kappa shape index (κ1) is 25.1. The SMILES string of the molecule is COc1ccc(-c2cc(C(C)C)ccc2[Se]c2ccc(C(C)C)cc2-c2ccc(OC)cc2)cc1. The van der Waals surface area contributed by atoms with Gasteiger partial charge in [0.2, 0.25) is 0 Å². The van der Waals surface area contributed by atoms with Gasteiger partial charge in [-0.3, -0.25) is 0 Å². The van der Waals surface area contributed by atoms with Gasteiger partial charge in [-0.05, 0) is 0 Å². The van der Waals surface area contributed by atoms with E-state index in [2.05, 4.69) is 88.4 Å². The fraction of sp³-hybridized carbons (Fsp3) is 0.250. The van der Waals surface area contributed by atoms with Gasteiger partial charge in [0.1, 0.15) is 0 Å². The van der Waals surface area contributed by atoms with E-state index in [0.717, 1.165) is 11.5 Å². The van der Waals surface area contributed by atoms with Crippen molar-refractivity contribution in [2.45, 2.75) is 39.5 Å². The van der Waals surface area contributed by atoms with Crippen molar-refractivity contribution in [3.8, 4) is 33.8 Å². The zero-order valence-corrected chi connectivity index (χ0v) is 23.2. The van der Waals surface area contributed by atoms with Crippen LogP contribution in [0.5, 0.6) is 11.5 Å². The van der Waals surface area contributed by atoms with Crippen LogP contribution in [0, 0.1) is 0 Å². The average molecular weight is 530 g/mol. The van der Waals surface area contributed by atoms with E-state index in [1.165, 1.54) is 42.3 Å². The minimum atomic E-state index is 0.134. The topological polar surface area (TPSA) is 18.5 Å². The summed E-state index contributed by atoms with van der Waals surface area (Å²) in [6.45, 7) is 9.02. The fourth-order valence-electron chi connectivity index (χ4n) is 4.10. The molecule has 0 spiro atoms. The molecule has 0 aliphatic rings. The summed E-state index contributed by atoms with van der Waals surface area (Å²) < 4.78 is 13.6. The van der Waals surface area contributed by atoms with E-state index in [0.29, 0.717) is 11.8 Å². The first-order chi connectivity index (χ1) is 16.9. The van der Waals surface area contributed by atoms with Crippen molar-refractivity contribution >= 4 is 23.9 Å². The predicted molar refractivity (Wildman–Crippen MR) is 150 cm³/mol. The van der Waals surface area contributed by atoms with E-state index in [1.807, 2.05) is 24.3 Å². The molecule has 0 fully saturated rings. The van der Waals surface area contributed by atoms with E-state index in [1.54, 1.807) is 14.2 Å². The Morgan fingerprint density at radius 3 is 1.20 bits per heavy atom. The van der Waals surface area contributed by atoms with Crippen molar-refractivity contribution in [2.75, 3.05) is 14.2 Å².